The van der Waals surface area contributed by atoms with Crippen LogP contribution in [0.5, 0.6) is 0 Å². The van der Waals surface area contributed by atoms with E-state index in [1.807, 2.05) is 0 Å². The molecular formula is C50H28O2. The van der Waals surface area contributed by atoms with Crippen LogP contribution in [-0.4, -0.2) is 0 Å². The highest BCUT2D eigenvalue weighted by Gasteiger charge is 2.22. The van der Waals surface area contributed by atoms with Gasteiger partial charge >= 0.3 is 0 Å². The number of hydrogen-bond donors (Lipinski definition) is 0. The Balaban J connectivity index is 1.17. The summed E-state index contributed by atoms with van der Waals surface area (Å²) >= 11 is 0. The molecule has 0 aliphatic heterocycles. The lowest BCUT2D eigenvalue weighted by molar-refractivity contribution is 0.670. The lowest BCUT2D eigenvalue weighted by Crippen LogP contribution is -1.89. The Morgan fingerprint density at radius 1 is 0.250 bits per heavy atom. The molecular weight excluding hydrogens is 633 g/mol. The highest BCUT2D eigenvalue weighted by Crippen LogP contribution is 2.47. The van der Waals surface area contributed by atoms with Gasteiger partial charge in [-0.1, -0.05) is 133 Å². The van der Waals surface area contributed by atoms with Crippen molar-refractivity contribution < 1.29 is 8.83 Å². The third kappa shape index (κ3) is 3.84. The Morgan fingerprint density at radius 2 is 0.596 bits per heavy atom. The van der Waals surface area contributed by atoms with Crippen molar-refractivity contribution in [3.05, 3.63) is 170 Å². The fourth-order valence-electron chi connectivity index (χ4n) is 8.79. The summed E-state index contributed by atoms with van der Waals surface area (Å²) in [6, 6.07) is 61.3. The van der Waals surface area contributed by atoms with Crippen LogP contribution >= 0.6 is 0 Å². The average molecular weight is 661 g/mol. The second kappa shape index (κ2) is 10.3. The summed E-state index contributed by atoms with van der Waals surface area (Å²) in [6.07, 6.45) is 0. The van der Waals surface area contributed by atoms with Crippen LogP contribution in [0.4, 0.5) is 0 Å². The van der Waals surface area contributed by atoms with Crippen molar-refractivity contribution >= 4 is 97.7 Å². The molecule has 0 fully saturated rings. The number of benzene rings is 10. The van der Waals surface area contributed by atoms with Crippen LogP contribution in [0.3, 0.4) is 0 Å². The summed E-state index contributed by atoms with van der Waals surface area (Å²) in [5, 5.41) is 16.5. The molecule has 0 aliphatic carbocycles. The first kappa shape index (κ1) is 27.9. The third-order valence-corrected chi connectivity index (χ3v) is 11.2. The molecule has 0 saturated heterocycles. The fourth-order valence-corrected chi connectivity index (χ4v) is 8.79. The molecule has 0 aliphatic rings. The first-order valence-corrected chi connectivity index (χ1v) is 17.8. The van der Waals surface area contributed by atoms with Gasteiger partial charge in [-0.25, -0.2) is 0 Å². The molecule has 0 unspecified atom stereocenters. The van der Waals surface area contributed by atoms with Gasteiger partial charge in [0, 0.05) is 32.7 Å². The maximum absolute atomic E-state index is 6.88. The predicted octanol–water partition coefficient (Wildman–Crippen LogP) is 14.6. The van der Waals surface area contributed by atoms with Gasteiger partial charge in [0.15, 0.2) is 0 Å². The monoisotopic (exact) mass is 660 g/mol. The van der Waals surface area contributed by atoms with Crippen molar-refractivity contribution in [3.63, 3.8) is 0 Å². The van der Waals surface area contributed by atoms with Crippen molar-refractivity contribution in [2.75, 3.05) is 0 Å². The van der Waals surface area contributed by atoms with E-state index in [9.17, 15) is 0 Å². The van der Waals surface area contributed by atoms with E-state index in [4.69, 9.17) is 8.83 Å². The van der Waals surface area contributed by atoms with E-state index in [1.54, 1.807) is 0 Å². The fraction of sp³-hybridized carbons (Fsp3) is 0. The highest BCUT2D eigenvalue weighted by molar-refractivity contribution is 6.27. The first-order chi connectivity index (χ1) is 25.8. The molecule has 52 heavy (non-hydrogen) atoms. The smallest absolute Gasteiger partial charge is 0.143 e. The largest absolute Gasteiger partial charge is 0.455 e. The molecule has 2 nitrogen and oxygen atoms in total. The normalized spacial score (nSPS) is 12.2. The van der Waals surface area contributed by atoms with Crippen LogP contribution < -0.4 is 0 Å². The van der Waals surface area contributed by atoms with Gasteiger partial charge in [0.1, 0.15) is 22.3 Å². The van der Waals surface area contributed by atoms with E-state index in [-0.39, 0.29) is 0 Å². The Labute approximate surface area is 297 Å². The van der Waals surface area contributed by atoms with Gasteiger partial charge in [-0.05, 0) is 101 Å². The minimum absolute atomic E-state index is 0.906. The standard InChI is InChI=1S/C50H28O2/c1-3-13-31-27-45-43(23-29(31)11-1)47-35-17-7-5-15-33(35)25-41(49(47)51-45)39-21-22-40(38-20-10-9-19-37(38)39)42-26-34-16-6-8-18-36(34)48-44-24-30-12-2-4-14-32(30)28-46(44)52-50(42)48/h1-28H. The van der Waals surface area contributed by atoms with Gasteiger partial charge < -0.3 is 8.83 Å². The van der Waals surface area contributed by atoms with Crippen LogP contribution in [0.2, 0.25) is 0 Å². The van der Waals surface area contributed by atoms with Gasteiger partial charge in [-0.15, -0.1) is 0 Å². The zero-order valence-corrected chi connectivity index (χ0v) is 28.0. The van der Waals surface area contributed by atoms with E-state index in [1.165, 1.54) is 53.9 Å². The number of fused-ring (bicyclic) bond motifs is 13. The Bertz CT molecular complexity index is 3240. The van der Waals surface area contributed by atoms with Gasteiger partial charge in [0.25, 0.3) is 0 Å². The molecule has 240 valence electrons. The first-order valence-electron chi connectivity index (χ1n) is 17.8. The van der Waals surface area contributed by atoms with Gasteiger partial charge in [0.05, 0.1) is 0 Å². The van der Waals surface area contributed by atoms with E-state index in [0.717, 1.165) is 66.1 Å². The molecule has 10 aromatic carbocycles. The van der Waals surface area contributed by atoms with Crippen LogP contribution in [0, 0.1) is 0 Å². The average Bonchev–Trinajstić information content (AvgIpc) is 3.76. The maximum atomic E-state index is 6.88. The summed E-state index contributed by atoms with van der Waals surface area (Å²) in [4.78, 5) is 0. The Hall–Kier alpha value is -6.90. The molecule has 0 bridgehead atoms. The lowest BCUT2D eigenvalue weighted by Gasteiger charge is -2.14. The van der Waals surface area contributed by atoms with Crippen molar-refractivity contribution in [1.82, 2.24) is 0 Å². The van der Waals surface area contributed by atoms with Crippen molar-refractivity contribution in [1.29, 1.82) is 0 Å². The Kier molecular flexibility index (Phi) is 5.53. The molecule has 2 heteroatoms. The third-order valence-electron chi connectivity index (χ3n) is 11.2. The molecule has 12 rings (SSSR count). The summed E-state index contributed by atoms with van der Waals surface area (Å²) < 4.78 is 13.8. The van der Waals surface area contributed by atoms with Gasteiger partial charge in [-0.3, -0.25) is 0 Å². The Morgan fingerprint density at radius 3 is 1.02 bits per heavy atom. The molecule has 0 amide bonds. The molecule has 0 spiro atoms. The molecule has 12 aromatic rings. The molecule has 0 N–H and O–H groups in total. The quantitative estimate of drug-likeness (QED) is 0.184. The van der Waals surface area contributed by atoms with Crippen LogP contribution in [0.1, 0.15) is 0 Å². The summed E-state index contributed by atoms with van der Waals surface area (Å²) in [5.41, 5.74) is 8.12. The molecule has 2 aromatic heterocycles. The number of furan rings is 2. The number of rotatable bonds is 2. The van der Waals surface area contributed by atoms with Crippen molar-refractivity contribution in [2.24, 2.45) is 0 Å². The van der Waals surface area contributed by atoms with Crippen LogP contribution in [0.25, 0.3) is 120 Å². The summed E-state index contributed by atoms with van der Waals surface area (Å²) in [7, 11) is 0. The summed E-state index contributed by atoms with van der Waals surface area (Å²) in [5.74, 6) is 0. The predicted molar refractivity (Wildman–Crippen MR) is 219 cm³/mol. The molecule has 0 atom stereocenters. The second-order valence-electron chi connectivity index (χ2n) is 14.0. The van der Waals surface area contributed by atoms with Gasteiger partial charge in [0.2, 0.25) is 0 Å². The van der Waals surface area contributed by atoms with E-state index >= 15 is 0 Å². The zero-order valence-electron chi connectivity index (χ0n) is 28.0. The minimum atomic E-state index is 0.906. The molecule has 0 saturated carbocycles. The highest BCUT2D eigenvalue weighted by atomic mass is 16.3. The number of hydrogen-bond acceptors (Lipinski definition) is 2. The zero-order chi connectivity index (χ0) is 33.9. The lowest BCUT2D eigenvalue weighted by atomic mass is 9.88. The van der Waals surface area contributed by atoms with E-state index < -0.39 is 0 Å². The van der Waals surface area contributed by atoms with Crippen LogP contribution in [0.15, 0.2) is 179 Å². The second-order valence-corrected chi connectivity index (χ2v) is 14.0. The minimum Gasteiger partial charge on any atom is -0.455 e. The topological polar surface area (TPSA) is 26.3 Å². The van der Waals surface area contributed by atoms with E-state index in [2.05, 4.69) is 170 Å². The molecule has 0 radical (unpaired) electrons. The maximum Gasteiger partial charge on any atom is 0.143 e. The van der Waals surface area contributed by atoms with Crippen molar-refractivity contribution in [3.8, 4) is 22.3 Å². The van der Waals surface area contributed by atoms with E-state index in [0.29, 0.717) is 0 Å². The van der Waals surface area contributed by atoms with Crippen molar-refractivity contribution in [2.45, 2.75) is 0 Å². The van der Waals surface area contributed by atoms with Gasteiger partial charge in [-0.2, -0.15) is 0 Å². The SMILES string of the molecule is c1ccc2cc3c(cc2c1)oc1c(-c2ccc(-c4cc5ccccc5c5c4oc4cc6ccccc6cc45)c4ccccc24)cc2ccccc2c13. The van der Waals surface area contributed by atoms with Crippen LogP contribution in [-0.2, 0) is 0 Å². The molecule has 2 heterocycles. The summed E-state index contributed by atoms with van der Waals surface area (Å²) in [6.45, 7) is 0.